The molecule has 7 heteroatoms. The molecule has 0 aliphatic rings. The van der Waals surface area contributed by atoms with Gasteiger partial charge in [0.2, 0.25) is 5.76 Å². The van der Waals surface area contributed by atoms with Crippen LogP contribution in [0.4, 0.5) is 13.2 Å². The highest BCUT2D eigenvalue weighted by atomic mass is 19.4. The van der Waals surface area contributed by atoms with E-state index in [0.29, 0.717) is 18.4 Å². The summed E-state index contributed by atoms with van der Waals surface area (Å²) < 4.78 is 46.2. The molecule has 0 saturated carbocycles. The maximum atomic E-state index is 13.2. The highest BCUT2D eigenvalue weighted by Crippen LogP contribution is 2.36. The summed E-state index contributed by atoms with van der Waals surface area (Å²) in [5.74, 6) is -0.107. The first-order valence-corrected chi connectivity index (χ1v) is 8.68. The van der Waals surface area contributed by atoms with Crippen molar-refractivity contribution in [2.24, 2.45) is 0 Å². The summed E-state index contributed by atoms with van der Waals surface area (Å²) in [5.41, 5.74) is 4.25. The van der Waals surface area contributed by atoms with Gasteiger partial charge >= 0.3 is 6.18 Å². The number of benzene rings is 1. The Morgan fingerprint density at radius 2 is 1.89 bits per heavy atom. The summed E-state index contributed by atoms with van der Waals surface area (Å²) in [5, 5.41) is 0.505. The topological polar surface area (TPSA) is 43.9 Å². The Balaban J connectivity index is 1.85. The van der Waals surface area contributed by atoms with Gasteiger partial charge in [0, 0.05) is 22.9 Å². The molecule has 4 rings (SSSR count). The van der Waals surface area contributed by atoms with Gasteiger partial charge in [-0.05, 0) is 37.1 Å². The van der Waals surface area contributed by atoms with Crippen LogP contribution in [0.25, 0.3) is 21.9 Å². The molecule has 4 nitrogen and oxygen atoms in total. The lowest BCUT2D eigenvalue weighted by molar-refractivity contribution is -0.151. The summed E-state index contributed by atoms with van der Waals surface area (Å²) in [4.78, 5) is 9.29. The molecule has 0 atom stereocenters. The first-order chi connectivity index (χ1) is 12.8. The molecule has 0 bridgehead atoms. The number of halogens is 3. The lowest BCUT2D eigenvalue weighted by atomic mass is 10.1. The van der Waals surface area contributed by atoms with Crippen LogP contribution in [0, 0.1) is 13.8 Å². The number of pyridine rings is 1. The number of fused-ring (bicyclic) bond motifs is 2. The smallest absolute Gasteiger partial charge is 0.450 e. The number of alkyl halides is 3. The van der Waals surface area contributed by atoms with Crippen molar-refractivity contribution in [2.45, 2.75) is 39.9 Å². The zero-order valence-electron chi connectivity index (χ0n) is 15.2. The molecule has 0 N–H and O–H groups in total. The maximum Gasteiger partial charge on any atom is 0.450 e. The first kappa shape index (κ1) is 17.6. The Labute approximate surface area is 153 Å². The van der Waals surface area contributed by atoms with Crippen molar-refractivity contribution in [2.75, 3.05) is 0 Å². The summed E-state index contributed by atoms with van der Waals surface area (Å²) in [6, 6.07) is 6.98. The van der Waals surface area contributed by atoms with Gasteiger partial charge in [0.25, 0.3) is 0 Å². The molecule has 3 aromatic heterocycles. The number of aromatic nitrogens is 3. The third-order valence-corrected chi connectivity index (χ3v) is 4.68. The van der Waals surface area contributed by atoms with Crippen LogP contribution in [0.3, 0.4) is 0 Å². The van der Waals surface area contributed by atoms with E-state index in [1.165, 1.54) is 6.07 Å². The maximum absolute atomic E-state index is 13.2. The molecular weight excluding hydrogens is 355 g/mol. The zero-order valence-corrected chi connectivity index (χ0v) is 15.2. The molecule has 27 heavy (non-hydrogen) atoms. The highest BCUT2D eigenvalue weighted by Gasteiger charge is 2.36. The second kappa shape index (κ2) is 6.11. The fraction of sp³-hybridized carbons (Fsp3) is 0.300. The lowest BCUT2D eigenvalue weighted by Gasteiger charge is -2.09. The minimum atomic E-state index is -4.52. The van der Waals surface area contributed by atoms with Crippen molar-refractivity contribution in [3.05, 3.63) is 58.9 Å². The molecule has 3 heterocycles. The van der Waals surface area contributed by atoms with Gasteiger partial charge in [-0.3, -0.25) is 0 Å². The number of rotatable bonds is 3. The van der Waals surface area contributed by atoms with E-state index in [4.69, 9.17) is 4.42 Å². The van der Waals surface area contributed by atoms with Crippen molar-refractivity contribution in [3.63, 3.8) is 0 Å². The Bertz CT molecular complexity index is 1150. The van der Waals surface area contributed by atoms with E-state index in [0.717, 1.165) is 40.1 Å². The van der Waals surface area contributed by atoms with Gasteiger partial charge in [0.05, 0.1) is 12.8 Å². The van der Waals surface area contributed by atoms with E-state index in [1.54, 1.807) is 6.07 Å². The van der Waals surface area contributed by atoms with Crippen molar-refractivity contribution < 1.29 is 17.6 Å². The average Bonchev–Trinajstić information content (AvgIpc) is 3.16. The van der Waals surface area contributed by atoms with Crippen LogP contribution < -0.4 is 0 Å². The van der Waals surface area contributed by atoms with E-state index in [2.05, 4.69) is 9.97 Å². The monoisotopic (exact) mass is 373 g/mol. The highest BCUT2D eigenvalue weighted by molar-refractivity contribution is 5.85. The van der Waals surface area contributed by atoms with Crippen molar-refractivity contribution in [1.29, 1.82) is 0 Å². The molecule has 0 aliphatic heterocycles. The first-order valence-electron chi connectivity index (χ1n) is 8.68. The lowest BCUT2D eigenvalue weighted by Crippen LogP contribution is -2.06. The number of furan rings is 1. The van der Waals surface area contributed by atoms with Gasteiger partial charge in [0.1, 0.15) is 11.3 Å². The summed E-state index contributed by atoms with van der Waals surface area (Å²) in [7, 11) is 0. The van der Waals surface area contributed by atoms with Crippen LogP contribution in [-0.4, -0.2) is 14.5 Å². The third kappa shape index (κ3) is 2.97. The molecule has 140 valence electrons. The van der Waals surface area contributed by atoms with Crippen molar-refractivity contribution in [1.82, 2.24) is 14.5 Å². The van der Waals surface area contributed by atoms with Crippen LogP contribution in [0.5, 0.6) is 0 Å². The molecule has 0 aliphatic carbocycles. The van der Waals surface area contributed by atoms with Crippen LogP contribution in [0.2, 0.25) is 0 Å². The van der Waals surface area contributed by atoms with E-state index in [-0.39, 0.29) is 5.39 Å². The number of imidazole rings is 1. The zero-order chi connectivity index (χ0) is 19.3. The molecule has 0 saturated heterocycles. The van der Waals surface area contributed by atoms with E-state index in [9.17, 15) is 13.2 Å². The molecule has 0 fully saturated rings. The van der Waals surface area contributed by atoms with Gasteiger partial charge in [0.15, 0.2) is 5.65 Å². The summed E-state index contributed by atoms with van der Waals surface area (Å²) >= 11 is 0. The summed E-state index contributed by atoms with van der Waals surface area (Å²) in [6.45, 7) is 6.30. The van der Waals surface area contributed by atoms with Crippen LogP contribution in [0.1, 0.15) is 35.3 Å². The normalized spacial score (nSPS) is 12.4. The minimum Gasteiger partial charge on any atom is -0.458 e. The van der Waals surface area contributed by atoms with Crippen LogP contribution >= 0.6 is 0 Å². The number of hydrogen-bond acceptors (Lipinski definition) is 3. The van der Waals surface area contributed by atoms with Crippen LogP contribution in [0.15, 0.2) is 34.9 Å². The Morgan fingerprint density at radius 1 is 1.11 bits per heavy atom. The van der Waals surface area contributed by atoms with Crippen molar-refractivity contribution in [3.8, 4) is 0 Å². The predicted molar refractivity (Wildman–Crippen MR) is 96.7 cm³/mol. The second-order valence-electron chi connectivity index (χ2n) is 6.70. The average molecular weight is 373 g/mol. The van der Waals surface area contributed by atoms with E-state index < -0.39 is 11.9 Å². The number of hydrogen-bond donors (Lipinski definition) is 0. The SMILES string of the molecule is CCc1nc2c(C)cc(C)nc2n1Cc1ccc2coc(C(F)(F)F)c2c1. The van der Waals surface area contributed by atoms with Gasteiger partial charge in [-0.15, -0.1) is 0 Å². The quantitative estimate of drug-likeness (QED) is 0.481. The Kier molecular flexibility index (Phi) is 3.98. The third-order valence-electron chi connectivity index (χ3n) is 4.68. The Morgan fingerprint density at radius 3 is 2.59 bits per heavy atom. The molecular formula is C20H18F3N3O. The van der Waals surface area contributed by atoms with E-state index in [1.807, 2.05) is 37.5 Å². The number of aryl methyl sites for hydroxylation is 3. The second-order valence-corrected chi connectivity index (χ2v) is 6.70. The molecule has 4 aromatic rings. The number of nitrogens with zero attached hydrogens (tertiary/aromatic N) is 3. The van der Waals surface area contributed by atoms with Gasteiger partial charge in [-0.1, -0.05) is 19.1 Å². The fourth-order valence-electron chi connectivity index (χ4n) is 3.47. The molecule has 1 aromatic carbocycles. The largest absolute Gasteiger partial charge is 0.458 e. The van der Waals surface area contributed by atoms with Crippen LogP contribution in [-0.2, 0) is 19.1 Å². The minimum absolute atomic E-state index is 0.0720. The molecule has 0 amide bonds. The standard InChI is InChI=1S/C20H18F3N3O/c1-4-16-25-17-11(2)7-12(3)24-19(17)26(16)9-13-5-6-14-10-27-18(15(14)8-13)20(21,22)23/h5-8,10H,4,9H2,1-3H3. The van der Waals surface area contributed by atoms with E-state index >= 15 is 0 Å². The van der Waals surface area contributed by atoms with Gasteiger partial charge in [-0.2, -0.15) is 13.2 Å². The fourth-order valence-corrected chi connectivity index (χ4v) is 3.47. The molecule has 0 radical (unpaired) electrons. The van der Waals surface area contributed by atoms with Gasteiger partial charge in [-0.25, -0.2) is 9.97 Å². The van der Waals surface area contributed by atoms with Gasteiger partial charge < -0.3 is 8.98 Å². The van der Waals surface area contributed by atoms with Crippen molar-refractivity contribution >= 4 is 21.9 Å². The molecule has 0 spiro atoms. The summed E-state index contributed by atoms with van der Waals surface area (Å²) in [6.07, 6.45) is -2.68. The predicted octanol–water partition coefficient (Wildman–Crippen LogP) is 5.42. The molecule has 0 unspecified atom stereocenters. The Hall–Kier alpha value is -2.83.